The highest BCUT2D eigenvalue weighted by atomic mass is 16.5. The van der Waals surface area contributed by atoms with Crippen LogP contribution in [0, 0.1) is 36.5 Å². The number of hydrogen-bond donors (Lipinski definition) is 0. The molecule has 116 valence electrons. The van der Waals surface area contributed by atoms with Crippen LogP contribution in [0.2, 0.25) is 0 Å². The van der Waals surface area contributed by atoms with Crippen molar-refractivity contribution < 1.29 is 4.74 Å². The standard InChI is InChI=1S/C21H16N2O/c1-13-4-7-15(8-5-13)20-16-9-6-14(2)10-17(16)21(24-3)19(12-23)18(20)11-22/h4-10H,1-3H3. The second-order valence-corrected chi connectivity index (χ2v) is 5.80. The average Bonchev–Trinajstić information content (AvgIpc) is 2.60. The number of methoxy groups -OCH3 is 1. The molecule has 0 radical (unpaired) electrons. The lowest BCUT2D eigenvalue weighted by Gasteiger charge is -2.16. The molecule has 0 N–H and O–H groups in total. The summed E-state index contributed by atoms with van der Waals surface area (Å²) >= 11 is 0. The van der Waals surface area contributed by atoms with Gasteiger partial charge in [-0.15, -0.1) is 0 Å². The number of ether oxygens (including phenoxy) is 1. The van der Waals surface area contributed by atoms with Crippen LogP contribution in [0.25, 0.3) is 21.9 Å². The van der Waals surface area contributed by atoms with Gasteiger partial charge in [0.2, 0.25) is 0 Å². The molecule has 0 saturated heterocycles. The molecule has 0 amide bonds. The molecule has 0 saturated carbocycles. The van der Waals surface area contributed by atoms with Gasteiger partial charge in [0.05, 0.1) is 12.7 Å². The highest BCUT2D eigenvalue weighted by molar-refractivity contribution is 6.05. The summed E-state index contributed by atoms with van der Waals surface area (Å²) in [7, 11) is 1.53. The second-order valence-electron chi connectivity index (χ2n) is 5.80. The van der Waals surface area contributed by atoms with Crippen LogP contribution >= 0.6 is 0 Å². The zero-order chi connectivity index (χ0) is 17.3. The van der Waals surface area contributed by atoms with Crippen molar-refractivity contribution in [2.75, 3.05) is 7.11 Å². The smallest absolute Gasteiger partial charge is 0.145 e. The van der Waals surface area contributed by atoms with Gasteiger partial charge in [0.15, 0.2) is 0 Å². The first-order valence-corrected chi connectivity index (χ1v) is 7.62. The van der Waals surface area contributed by atoms with Crippen molar-refractivity contribution in [1.82, 2.24) is 0 Å². The maximum Gasteiger partial charge on any atom is 0.145 e. The number of benzene rings is 3. The molecule has 0 aliphatic heterocycles. The summed E-state index contributed by atoms with van der Waals surface area (Å²) in [6.45, 7) is 4.01. The number of hydrogen-bond acceptors (Lipinski definition) is 3. The van der Waals surface area contributed by atoms with Crippen molar-refractivity contribution in [3.63, 3.8) is 0 Å². The highest BCUT2D eigenvalue weighted by Crippen LogP contribution is 2.41. The minimum atomic E-state index is 0.286. The summed E-state index contributed by atoms with van der Waals surface area (Å²) < 4.78 is 5.48. The zero-order valence-corrected chi connectivity index (χ0v) is 13.8. The molecule has 3 heteroatoms. The predicted molar refractivity (Wildman–Crippen MR) is 94.8 cm³/mol. The molecule has 3 nitrogen and oxygen atoms in total. The van der Waals surface area contributed by atoms with E-state index < -0.39 is 0 Å². The quantitative estimate of drug-likeness (QED) is 0.678. The van der Waals surface area contributed by atoms with E-state index in [1.807, 2.05) is 56.3 Å². The monoisotopic (exact) mass is 312 g/mol. The molecule has 0 unspecified atom stereocenters. The number of rotatable bonds is 2. The fourth-order valence-corrected chi connectivity index (χ4v) is 3.02. The maximum atomic E-state index is 9.72. The third kappa shape index (κ3) is 2.37. The Morgan fingerprint density at radius 3 is 2.00 bits per heavy atom. The van der Waals surface area contributed by atoms with Crippen LogP contribution in [0.15, 0.2) is 42.5 Å². The summed E-state index contributed by atoms with van der Waals surface area (Å²) in [4.78, 5) is 0. The number of nitriles is 2. The van der Waals surface area contributed by atoms with Crippen LogP contribution in [0.4, 0.5) is 0 Å². The molecule has 0 spiro atoms. The Kier molecular flexibility index (Phi) is 3.94. The van der Waals surface area contributed by atoms with Crippen molar-refractivity contribution in [2.24, 2.45) is 0 Å². The fraction of sp³-hybridized carbons (Fsp3) is 0.143. The van der Waals surface area contributed by atoms with Gasteiger partial charge in [-0.05, 0) is 30.9 Å². The molecular weight excluding hydrogens is 296 g/mol. The zero-order valence-electron chi connectivity index (χ0n) is 13.8. The first kappa shape index (κ1) is 15.6. The van der Waals surface area contributed by atoms with Crippen LogP contribution in [-0.2, 0) is 0 Å². The lowest BCUT2D eigenvalue weighted by Crippen LogP contribution is -1.98. The van der Waals surface area contributed by atoms with E-state index in [4.69, 9.17) is 4.74 Å². The van der Waals surface area contributed by atoms with Crippen molar-refractivity contribution in [3.05, 3.63) is 64.7 Å². The van der Waals surface area contributed by atoms with Gasteiger partial charge in [0, 0.05) is 10.9 Å². The molecular formula is C21H16N2O. The Hall–Kier alpha value is -3.30. The molecule has 0 bridgehead atoms. The molecule has 0 aromatic heterocycles. The second kappa shape index (κ2) is 6.07. The minimum absolute atomic E-state index is 0.286. The summed E-state index contributed by atoms with van der Waals surface area (Å²) in [5.41, 5.74) is 4.56. The molecule has 0 aliphatic rings. The van der Waals surface area contributed by atoms with E-state index in [2.05, 4.69) is 12.1 Å². The number of nitrogens with zero attached hydrogens (tertiary/aromatic N) is 2. The molecule has 0 atom stereocenters. The van der Waals surface area contributed by atoms with Gasteiger partial charge in [-0.3, -0.25) is 0 Å². The van der Waals surface area contributed by atoms with E-state index in [-0.39, 0.29) is 5.56 Å². The van der Waals surface area contributed by atoms with Crippen molar-refractivity contribution in [3.8, 4) is 29.0 Å². The Bertz CT molecular complexity index is 1020. The molecule has 0 heterocycles. The minimum Gasteiger partial charge on any atom is -0.495 e. The van der Waals surface area contributed by atoms with Crippen molar-refractivity contribution in [1.29, 1.82) is 10.5 Å². The van der Waals surface area contributed by atoms with Gasteiger partial charge in [-0.1, -0.05) is 47.5 Å². The average molecular weight is 312 g/mol. The number of fused-ring (bicyclic) bond motifs is 1. The van der Waals surface area contributed by atoms with Gasteiger partial charge in [-0.25, -0.2) is 0 Å². The summed E-state index contributed by atoms with van der Waals surface area (Å²) in [5, 5.41) is 21.1. The lowest BCUT2D eigenvalue weighted by atomic mass is 9.88. The normalized spacial score (nSPS) is 10.2. The number of aryl methyl sites for hydroxylation is 2. The fourth-order valence-electron chi connectivity index (χ4n) is 3.02. The van der Waals surface area contributed by atoms with Gasteiger partial charge in [-0.2, -0.15) is 10.5 Å². The predicted octanol–water partition coefficient (Wildman–Crippen LogP) is 4.88. The maximum absolute atomic E-state index is 9.72. The first-order valence-electron chi connectivity index (χ1n) is 7.62. The van der Waals surface area contributed by atoms with Crippen molar-refractivity contribution >= 4 is 10.8 Å². The largest absolute Gasteiger partial charge is 0.495 e. The molecule has 0 fully saturated rings. The van der Waals surface area contributed by atoms with Crippen LogP contribution in [0.3, 0.4) is 0 Å². The molecule has 3 rings (SSSR count). The van der Waals surface area contributed by atoms with Gasteiger partial charge >= 0.3 is 0 Å². The van der Waals surface area contributed by atoms with E-state index in [1.54, 1.807) is 0 Å². The van der Waals surface area contributed by atoms with E-state index in [0.29, 0.717) is 11.3 Å². The van der Waals surface area contributed by atoms with Crippen LogP contribution < -0.4 is 4.74 Å². The first-order chi connectivity index (χ1) is 11.6. The molecule has 3 aromatic rings. The van der Waals surface area contributed by atoms with Gasteiger partial charge in [0.1, 0.15) is 23.5 Å². The molecule has 3 aromatic carbocycles. The molecule has 0 aliphatic carbocycles. The van der Waals surface area contributed by atoms with Crippen molar-refractivity contribution in [2.45, 2.75) is 13.8 Å². The highest BCUT2D eigenvalue weighted by Gasteiger charge is 2.21. The SMILES string of the molecule is COc1c(C#N)c(C#N)c(-c2ccc(C)cc2)c2ccc(C)cc12. The Labute approximate surface area is 141 Å². The Morgan fingerprint density at radius 2 is 1.42 bits per heavy atom. The van der Waals surface area contributed by atoms with Crippen LogP contribution in [0.5, 0.6) is 5.75 Å². The summed E-state index contributed by atoms with van der Waals surface area (Å²) in [6, 6.07) is 18.3. The van der Waals surface area contributed by atoms with E-state index in [0.717, 1.165) is 33.0 Å². The van der Waals surface area contributed by atoms with Gasteiger partial charge in [0.25, 0.3) is 0 Å². The van der Waals surface area contributed by atoms with Crippen LogP contribution in [-0.4, -0.2) is 7.11 Å². The van der Waals surface area contributed by atoms with Crippen LogP contribution in [0.1, 0.15) is 22.3 Å². The van der Waals surface area contributed by atoms with E-state index in [1.165, 1.54) is 7.11 Å². The molecule has 24 heavy (non-hydrogen) atoms. The third-order valence-corrected chi connectivity index (χ3v) is 4.18. The van der Waals surface area contributed by atoms with E-state index in [9.17, 15) is 10.5 Å². The summed E-state index contributed by atoms with van der Waals surface area (Å²) in [5.74, 6) is 0.462. The third-order valence-electron chi connectivity index (χ3n) is 4.18. The summed E-state index contributed by atoms with van der Waals surface area (Å²) in [6.07, 6.45) is 0. The van der Waals surface area contributed by atoms with Gasteiger partial charge < -0.3 is 4.74 Å². The Balaban J connectivity index is 2.55. The lowest BCUT2D eigenvalue weighted by molar-refractivity contribution is 0.418. The Morgan fingerprint density at radius 1 is 0.792 bits per heavy atom. The topological polar surface area (TPSA) is 56.8 Å². The van der Waals surface area contributed by atoms with E-state index >= 15 is 0 Å².